The maximum absolute atomic E-state index is 12.8. The number of nitrogens with zero attached hydrogens (tertiary/aromatic N) is 5. The normalized spacial score (nSPS) is 14.4. The van der Waals surface area contributed by atoms with Crippen molar-refractivity contribution in [2.24, 2.45) is 0 Å². The molecule has 0 spiro atoms. The molecule has 3 aromatic heterocycles. The van der Waals surface area contributed by atoms with E-state index in [0.29, 0.717) is 34.9 Å². The highest BCUT2D eigenvalue weighted by atomic mass is 16.2. The minimum absolute atomic E-state index is 0.0417. The van der Waals surface area contributed by atoms with Crippen molar-refractivity contribution in [1.29, 1.82) is 0 Å². The maximum atomic E-state index is 12.8. The summed E-state index contributed by atoms with van der Waals surface area (Å²) >= 11 is 0. The van der Waals surface area contributed by atoms with E-state index in [1.165, 1.54) is 4.57 Å². The Morgan fingerprint density at radius 1 is 1.14 bits per heavy atom. The average molecular weight is 380 g/mol. The number of pyridine rings is 2. The van der Waals surface area contributed by atoms with Gasteiger partial charge in [0.05, 0.1) is 11.1 Å². The van der Waals surface area contributed by atoms with Gasteiger partial charge < -0.3 is 9.80 Å². The number of hydrogen-bond donors (Lipinski definition) is 1. The summed E-state index contributed by atoms with van der Waals surface area (Å²) in [5.74, 6) is 1.09. The van der Waals surface area contributed by atoms with E-state index in [9.17, 15) is 9.59 Å². The average Bonchev–Trinajstić information content (AvgIpc) is 2.99. The van der Waals surface area contributed by atoms with Crippen molar-refractivity contribution in [2.45, 2.75) is 26.2 Å². The Bertz CT molecular complexity index is 1070. The van der Waals surface area contributed by atoms with Crippen LogP contribution in [0.1, 0.15) is 36.5 Å². The van der Waals surface area contributed by atoms with Gasteiger partial charge in [0.1, 0.15) is 11.6 Å². The molecule has 0 saturated carbocycles. The molecule has 0 aromatic carbocycles. The van der Waals surface area contributed by atoms with Crippen LogP contribution in [0.25, 0.3) is 17.0 Å². The Balaban J connectivity index is 1.83. The van der Waals surface area contributed by atoms with Crippen LogP contribution in [-0.4, -0.2) is 57.0 Å². The van der Waals surface area contributed by atoms with Gasteiger partial charge in [0.25, 0.3) is 5.91 Å². The summed E-state index contributed by atoms with van der Waals surface area (Å²) in [6.45, 7) is 4.37. The number of unbranched alkanes of at least 4 members (excludes halogenated alkanes) is 2. The largest absolute Gasteiger partial charge is 0.354 e. The van der Waals surface area contributed by atoms with Crippen LogP contribution in [0.15, 0.2) is 35.3 Å². The topological polar surface area (TPSA) is 87.1 Å². The van der Waals surface area contributed by atoms with Gasteiger partial charge in [-0.15, -0.1) is 0 Å². The molecular formula is C20H24N6O2. The first-order chi connectivity index (χ1) is 13.6. The fourth-order valence-electron chi connectivity index (χ4n) is 3.59. The second-order valence-electron chi connectivity index (χ2n) is 7.10. The molecule has 1 N–H and O–H groups in total. The molecule has 4 heterocycles. The van der Waals surface area contributed by atoms with Gasteiger partial charge >= 0.3 is 5.69 Å². The van der Waals surface area contributed by atoms with Crippen molar-refractivity contribution in [3.05, 3.63) is 46.5 Å². The van der Waals surface area contributed by atoms with Gasteiger partial charge in [0, 0.05) is 32.9 Å². The molecule has 1 aliphatic heterocycles. The lowest BCUT2D eigenvalue weighted by Gasteiger charge is -2.23. The Kier molecular flexibility index (Phi) is 4.85. The van der Waals surface area contributed by atoms with E-state index < -0.39 is 0 Å². The van der Waals surface area contributed by atoms with Gasteiger partial charge in [-0.25, -0.2) is 19.3 Å². The van der Waals surface area contributed by atoms with E-state index in [1.54, 1.807) is 29.3 Å². The molecule has 0 radical (unpaired) electrons. The molecule has 8 heteroatoms. The number of carbonyl (C=O) groups excluding carboxylic acids is 1. The van der Waals surface area contributed by atoms with Crippen LogP contribution in [0.3, 0.4) is 0 Å². The van der Waals surface area contributed by atoms with Crippen LogP contribution < -0.4 is 10.6 Å². The smallest absolute Gasteiger partial charge is 0.333 e. The lowest BCUT2D eigenvalue weighted by Crippen LogP contribution is -2.32. The van der Waals surface area contributed by atoms with Gasteiger partial charge in [0.2, 0.25) is 0 Å². The zero-order valence-electron chi connectivity index (χ0n) is 16.2. The van der Waals surface area contributed by atoms with Gasteiger partial charge in [-0.05, 0) is 30.7 Å². The van der Waals surface area contributed by atoms with Crippen LogP contribution in [0.5, 0.6) is 0 Å². The Labute approximate surface area is 162 Å². The van der Waals surface area contributed by atoms with Crippen LogP contribution in [0.2, 0.25) is 0 Å². The second kappa shape index (κ2) is 7.46. The lowest BCUT2D eigenvalue weighted by molar-refractivity contribution is 0.0804. The molecule has 3 aromatic rings. The van der Waals surface area contributed by atoms with E-state index in [2.05, 4.69) is 21.8 Å². The van der Waals surface area contributed by atoms with Crippen molar-refractivity contribution in [2.75, 3.05) is 31.6 Å². The van der Waals surface area contributed by atoms with E-state index in [1.807, 2.05) is 13.1 Å². The molecule has 0 bridgehead atoms. The van der Waals surface area contributed by atoms with Crippen LogP contribution in [0.4, 0.5) is 5.82 Å². The molecule has 0 unspecified atom stereocenters. The number of hydrogen-bond acceptors (Lipinski definition) is 5. The maximum Gasteiger partial charge on any atom is 0.333 e. The van der Waals surface area contributed by atoms with Gasteiger partial charge in [-0.2, -0.15) is 0 Å². The molecule has 28 heavy (non-hydrogen) atoms. The third-order valence-electron chi connectivity index (χ3n) is 5.16. The first-order valence-electron chi connectivity index (χ1n) is 9.67. The van der Waals surface area contributed by atoms with Gasteiger partial charge in [0.15, 0.2) is 5.65 Å². The molecule has 1 amide bonds. The number of aromatic nitrogens is 4. The molecule has 0 aliphatic carbocycles. The van der Waals surface area contributed by atoms with Crippen LogP contribution in [0, 0.1) is 0 Å². The highest BCUT2D eigenvalue weighted by molar-refractivity contribution is 5.99. The van der Waals surface area contributed by atoms with Crippen molar-refractivity contribution in [3.8, 4) is 5.82 Å². The number of amides is 1. The zero-order chi connectivity index (χ0) is 19.7. The fourth-order valence-corrected chi connectivity index (χ4v) is 3.59. The summed E-state index contributed by atoms with van der Waals surface area (Å²) in [5.41, 5.74) is 1.46. The highest BCUT2D eigenvalue weighted by Crippen LogP contribution is 2.25. The number of anilines is 1. The third kappa shape index (κ3) is 3.15. The minimum Gasteiger partial charge on any atom is -0.354 e. The molecule has 0 saturated heterocycles. The SMILES string of the molecule is CCCCCN1CCN(C)C(=O)c2ccc(-n3c(=O)[nH]c4ncccc43)nc21. The number of carbonyl (C=O) groups is 1. The molecule has 146 valence electrons. The van der Waals surface area contributed by atoms with E-state index >= 15 is 0 Å². The first-order valence-corrected chi connectivity index (χ1v) is 9.67. The number of nitrogens with one attached hydrogen (secondary N) is 1. The van der Waals surface area contributed by atoms with Crippen LogP contribution >= 0.6 is 0 Å². The number of rotatable bonds is 5. The Morgan fingerprint density at radius 2 is 2.00 bits per heavy atom. The van der Waals surface area contributed by atoms with Crippen molar-refractivity contribution in [3.63, 3.8) is 0 Å². The molecule has 0 atom stereocenters. The summed E-state index contributed by atoms with van der Waals surface area (Å²) in [6, 6.07) is 7.11. The summed E-state index contributed by atoms with van der Waals surface area (Å²) in [5, 5.41) is 0. The Hall–Kier alpha value is -3.16. The number of imidazole rings is 1. The minimum atomic E-state index is -0.296. The summed E-state index contributed by atoms with van der Waals surface area (Å²) in [7, 11) is 1.81. The predicted molar refractivity (Wildman–Crippen MR) is 108 cm³/mol. The molecule has 1 aliphatic rings. The van der Waals surface area contributed by atoms with E-state index in [4.69, 9.17) is 4.98 Å². The third-order valence-corrected chi connectivity index (χ3v) is 5.16. The van der Waals surface area contributed by atoms with Gasteiger partial charge in [-0.3, -0.25) is 9.78 Å². The number of fused-ring (bicyclic) bond motifs is 2. The molecule has 8 nitrogen and oxygen atoms in total. The number of likely N-dealkylation sites (N-methyl/N-ethyl adjacent to an activating group) is 1. The fraction of sp³-hybridized carbons (Fsp3) is 0.400. The lowest BCUT2D eigenvalue weighted by atomic mass is 10.2. The predicted octanol–water partition coefficient (Wildman–Crippen LogP) is 2.19. The molecule has 4 rings (SSSR count). The highest BCUT2D eigenvalue weighted by Gasteiger charge is 2.26. The monoisotopic (exact) mass is 380 g/mol. The first kappa shape index (κ1) is 18.2. The summed E-state index contributed by atoms with van der Waals surface area (Å²) < 4.78 is 1.51. The quantitative estimate of drug-likeness (QED) is 0.686. The standard InChI is InChI=1S/C20H24N6O2/c1-3-4-5-11-25-13-12-24(2)19(27)14-8-9-16(22-18(14)25)26-15-7-6-10-21-17(15)23-20(26)28/h6-10H,3-5,11-13H2,1-2H3,(H,21,23,28). The van der Waals surface area contributed by atoms with Crippen molar-refractivity contribution in [1.82, 2.24) is 24.4 Å². The van der Waals surface area contributed by atoms with Gasteiger partial charge in [-0.1, -0.05) is 19.8 Å². The van der Waals surface area contributed by atoms with Crippen LogP contribution in [-0.2, 0) is 0 Å². The molecular weight excluding hydrogens is 356 g/mol. The zero-order valence-corrected chi connectivity index (χ0v) is 16.2. The van der Waals surface area contributed by atoms with Crippen molar-refractivity contribution >= 4 is 22.9 Å². The number of H-pyrrole nitrogens is 1. The second-order valence-corrected chi connectivity index (χ2v) is 7.10. The summed E-state index contributed by atoms with van der Waals surface area (Å²) in [6.07, 6.45) is 4.93. The summed E-state index contributed by atoms with van der Waals surface area (Å²) in [4.78, 5) is 40.9. The number of aromatic amines is 1. The Morgan fingerprint density at radius 3 is 2.82 bits per heavy atom. The van der Waals surface area contributed by atoms with Crippen molar-refractivity contribution < 1.29 is 4.79 Å². The van der Waals surface area contributed by atoms with E-state index in [-0.39, 0.29) is 11.6 Å². The van der Waals surface area contributed by atoms with E-state index in [0.717, 1.165) is 32.4 Å². The molecule has 0 fully saturated rings.